The van der Waals surface area contributed by atoms with Crippen LogP contribution in [0.1, 0.15) is 46.5 Å². The van der Waals surface area contributed by atoms with Crippen LogP contribution >= 0.6 is 0 Å². The van der Waals surface area contributed by atoms with Crippen LogP contribution in [0.25, 0.3) is 0 Å². The second kappa shape index (κ2) is 9.47. The lowest BCUT2D eigenvalue weighted by atomic mass is 10.1. The van der Waals surface area contributed by atoms with E-state index in [0.29, 0.717) is 6.10 Å². The van der Waals surface area contributed by atoms with Crippen LogP contribution in [0.3, 0.4) is 0 Å². The van der Waals surface area contributed by atoms with E-state index in [1.165, 1.54) is 38.8 Å². The van der Waals surface area contributed by atoms with Crippen molar-refractivity contribution in [3.8, 4) is 0 Å². The highest BCUT2D eigenvalue weighted by Gasteiger charge is 2.16. The molecule has 14 heavy (non-hydrogen) atoms. The molecule has 0 aromatic rings. The Labute approximate surface area is 89.6 Å². The van der Waals surface area contributed by atoms with E-state index in [4.69, 9.17) is 4.74 Å². The van der Waals surface area contributed by atoms with Gasteiger partial charge in [0.2, 0.25) is 0 Å². The Hall–Kier alpha value is -0.0800. The lowest BCUT2D eigenvalue weighted by Crippen LogP contribution is -2.34. The Balaban J connectivity index is 0.000000791. The van der Waals surface area contributed by atoms with Crippen molar-refractivity contribution < 1.29 is 4.74 Å². The molecule has 0 spiro atoms. The quantitative estimate of drug-likeness (QED) is 0.648. The van der Waals surface area contributed by atoms with E-state index >= 15 is 0 Å². The van der Waals surface area contributed by atoms with Crippen LogP contribution in [0.5, 0.6) is 0 Å². The van der Waals surface area contributed by atoms with Crippen LogP contribution < -0.4 is 0 Å². The summed E-state index contributed by atoms with van der Waals surface area (Å²) in [7, 11) is 2.18. The molecule has 1 aliphatic heterocycles. The van der Waals surface area contributed by atoms with Crippen molar-refractivity contribution in [1.82, 2.24) is 4.90 Å². The third-order valence-electron chi connectivity index (χ3n) is 2.52. The fourth-order valence-corrected chi connectivity index (χ4v) is 1.55. The average Bonchev–Trinajstić information content (AvgIpc) is 2.24. The lowest BCUT2D eigenvalue weighted by molar-refractivity contribution is 0.0113. The Morgan fingerprint density at radius 1 is 1.21 bits per heavy atom. The van der Waals surface area contributed by atoms with E-state index in [-0.39, 0.29) is 0 Å². The van der Waals surface area contributed by atoms with Gasteiger partial charge in [-0.1, -0.05) is 27.2 Å². The van der Waals surface area contributed by atoms with Crippen LogP contribution in [0.4, 0.5) is 0 Å². The van der Waals surface area contributed by atoms with Crippen LogP contribution in [-0.2, 0) is 4.74 Å². The summed E-state index contributed by atoms with van der Waals surface area (Å²) in [5, 5.41) is 0. The first kappa shape index (κ1) is 13.9. The Morgan fingerprint density at radius 2 is 1.79 bits per heavy atom. The number of likely N-dealkylation sites (tertiary alicyclic amines) is 1. The Kier molecular flexibility index (Phi) is 9.42. The van der Waals surface area contributed by atoms with Crippen molar-refractivity contribution in [2.24, 2.45) is 0 Å². The SMILES string of the molecule is CC.CCCCOC1CCN(C)CC1. The smallest absolute Gasteiger partial charge is 0.0599 e. The van der Waals surface area contributed by atoms with Crippen molar-refractivity contribution in [3.05, 3.63) is 0 Å². The summed E-state index contributed by atoms with van der Waals surface area (Å²) in [4.78, 5) is 2.37. The summed E-state index contributed by atoms with van der Waals surface area (Å²) in [5.41, 5.74) is 0. The summed E-state index contributed by atoms with van der Waals surface area (Å²) in [6.45, 7) is 9.58. The van der Waals surface area contributed by atoms with E-state index in [9.17, 15) is 0 Å². The largest absolute Gasteiger partial charge is 0.378 e. The monoisotopic (exact) mass is 201 g/mol. The molecule has 1 fully saturated rings. The second-order valence-corrected chi connectivity index (χ2v) is 3.73. The average molecular weight is 201 g/mol. The molecule has 1 rings (SSSR count). The molecule has 2 nitrogen and oxygen atoms in total. The standard InChI is InChI=1S/C10H21NO.C2H6/c1-3-4-9-12-10-5-7-11(2)8-6-10;1-2/h10H,3-9H2,1-2H3;1-2H3. The third-order valence-corrected chi connectivity index (χ3v) is 2.52. The molecule has 2 heteroatoms. The second-order valence-electron chi connectivity index (χ2n) is 3.73. The number of piperidine rings is 1. The Morgan fingerprint density at radius 3 is 2.29 bits per heavy atom. The minimum atomic E-state index is 0.549. The molecule has 0 saturated carbocycles. The highest BCUT2D eigenvalue weighted by atomic mass is 16.5. The topological polar surface area (TPSA) is 12.5 Å². The molecule has 0 unspecified atom stereocenters. The first-order valence-corrected chi connectivity index (χ1v) is 6.13. The fourth-order valence-electron chi connectivity index (χ4n) is 1.55. The molecule has 0 amide bonds. The van der Waals surface area contributed by atoms with Gasteiger partial charge in [-0.3, -0.25) is 0 Å². The van der Waals surface area contributed by atoms with Crippen molar-refractivity contribution in [3.63, 3.8) is 0 Å². The zero-order chi connectivity index (χ0) is 10.8. The van der Waals surface area contributed by atoms with E-state index in [1.807, 2.05) is 13.8 Å². The molecule has 0 aromatic carbocycles. The van der Waals surface area contributed by atoms with Gasteiger partial charge in [0, 0.05) is 19.7 Å². The molecule has 0 aromatic heterocycles. The molecule has 86 valence electrons. The first-order valence-electron chi connectivity index (χ1n) is 6.13. The molecular weight excluding hydrogens is 174 g/mol. The number of nitrogens with zero attached hydrogens (tertiary/aromatic N) is 1. The molecule has 0 bridgehead atoms. The van der Waals surface area contributed by atoms with Gasteiger partial charge < -0.3 is 9.64 Å². The van der Waals surface area contributed by atoms with Gasteiger partial charge in [-0.25, -0.2) is 0 Å². The number of hydrogen-bond donors (Lipinski definition) is 0. The van der Waals surface area contributed by atoms with Crippen molar-refractivity contribution in [2.45, 2.75) is 52.6 Å². The van der Waals surface area contributed by atoms with Gasteiger partial charge in [0.05, 0.1) is 6.10 Å². The molecule has 0 aliphatic carbocycles. The van der Waals surface area contributed by atoms with Crippen LogP contribution in [0.15, 0.2) is 0 Å². The van der Waals surface area contributed by atoms with Gasteiger partial charge in [-0.2, -0.15) is 0 Å². The van der Waals surface area contributed by atoms with Crippen molar-refractivity contribution in [2.75, 3.05) is 26.7 Å². The molecule has 0 atom stereocenters. The highest BCUT2D eigenvalue weighted by molar-refractivity contribution is 4.69. The maximum Gasteiger partial charge on any atom is 0.0599 e. The van der Waals surface area contributed by atoms with Crippen LogP contribution in [-0.4, -0.2) is 37.7 Å². The van der Waals surface area contributed by atoms with Crippen molar-refractivity contribution in [1.29, 1.82) is 0 Å². The van der Waals surface area contributed by atoms with Crippen LogP contribution in [0.2, 0.25) is 0 Å². The number of ether oxygens (including phenoxy) is 1. The zero-order valence-electron chi connectivity index (χ0n) is 10.4. The molecule has 0 N–H and O–H groups in total. The van der Waals surface area contributed by atoms with Gasteiger partial charge in [0.1, 0.15) is 0 Å². The molecule has 0 radical (unpaired) electrons. The minimum Gasteiger partial charge on any atom is -0.378 e. The number of hydrogen-bond acceptors (Lipinski definition) is 2. The van der Waals surface area contributed by atoms with Gasteiger partial charge in [0.15, 0.2) is 0 Å². The first-order chi connectivity index (χ1) is 6.83. The summed E-state index contributed by atoms with van der Waals surface area (Å²) >= 11 is 0. The summed E-state index contributed by atoms with van der Waals surface area (Å²) < 4.78 is 5.74. The normalized spacial score (nSPS) is 18.9. The molecule has 1 heterocycles. The zero-order valence-corrected chi connectivity index (χ0v) is 10.4. The predicted octanol–water partition coefficient (Wildman–Crippen LogP) is 2.92. The molecule has 1 aliphatic rings. The van der Waals surface area contributed by atoms with Gasteiger partial charge in [-0.05, 0) is 26.3 Å². The van der Waals surface area contributed by atoms with Crippen LogP contribution in [0, 0.1) is 0 Å². The third kappa shape index (κ3) is 6.39. The lowest BCUT2D eigenvalue weighted by Gasteiger charge is -2.28. The summed E-state index contributed by atoms with van der Waals surface area (Å²) in [5.74, 6) is 0. The van der Waals surface area contributed by atoms with E-state index in [2.05, 4.69) is 18.9 Å². The summed E-state index contributed by atoms with van der Waals surface area (Å²) in [6, 6.07) is 0. The minimum absolute atomic E-state index is 0.549. The maximum atomic E-state index is 5.74. The summed E-state index contributed by atoms with van der Waals surface area (Å²) in [6.07, 6.45) is 5.45. The Bertz CT molecular complexity index is 109. The molecular formula is C12H27NO. The van der Waals surface area contributed by atoms with E-state index in [0.717, 1.165) is 6.61 Å². The highest BCUT2D eigenvalue weighted by Crippen LogP contribution is 2.12. The fraction of sp³-hybridized carbons (Fsp3) is 1.00. The van der Waals surface area contributed by atoms with Gasteiger partial charge in [0.25, 0.3) is 0 Å². The number of unbranched alkanes of at least 4 members (excludes halogenated alkanes) is 1. The van der Waals surface area contributed by atoms with E-state index < -0.39 is 0 Å². The van der Waals surface area contributed by atoms with E-state index in [1.54, 1.807) is 0 Å². The van der Waals surface area contributed by atoms with Gasteiger partial charge in [-0.15, -0.1) is 0 Å². The predicted molar refractivity (Wildman–Crippen MR) is 62.7 cm³/mol. The maximum absolute atomic E-state index is 5.74. The van der Waals surface area contributed by atoms with Gasteiger partial charge >= 0.3 is 0 Å². The number of rotatable bonds is 4. The molecule has 1 saturated heterocycles. The van der Waals surface area contributed by atoms with Crippen molar-refractivity contribution >= 4 is 0 Å².